The maximum absolute atomic E-state index is 16.4. The fourth-order valence-electron chi connectivity index (χ4n) is 8.49. The summed E-state index contributed by atoms with van der Waals surface area (Å²) in [5, 5.41) is 13.6. The molecule has 1 heterocycles. The van der Waals surface area contributed by atoms with Crippen molar-refractivity contribution in [3.05, 3.63) is 53.5 Å². The molecule has 1 aromatic carbocycles. The Morgan fingerprint density at radius 1 is 0.946 bits per heavy atom. The third kappa shape index (κ3) is 10.4. The van der Waals surface area contributed by atoms with E-state index in [1.54, 1.807) is 24.3 Å². The molecule has 4 aliphatic rings. The van der Waals surface area contributed by atoms with Crippen LogP contribution in [0.4, 0.5) is 0 Å². The van der Waals surface area contributed by atoms with Crippen LogP contribution < -0.4 is 0 Å². The van der Waals surface area contributed by atoms with Gasteiger partial charge in [-0.05, 0) is 52.4 Å². The zero-order valence-corrected chi connectivity index (χ0v) is 51.1. The largest absolute Gasteiger partial charge is 0.455 e. The van der Waals surface area contributed by atoms with Gasteiger partial charge in [-0.2, -0.15) is 5.57 Å². The zero-order chi connectivity index (χ0) is 41.0. The number of hydrogen-bond acceptors (Lipinski definition) is 9. The first kappa shape index (κ1) is 53.9. The molecule has 1 saturated heterocycles. The fourth-order valence-corrected chi connectivity index (χ4v) is 107. The first-order chi connectivity index (χ1) is 25.6. The van der Waals surface area contributed by atoms with Crippen LogP contribution in [-0.4, -0.2) is 65.1 Å². The van der Waals surface area contributed by atoms with Crippen molar-refractivity contribution >= 4 is 156 Å². The maximum atomic E-state index is 16.4. The molecule has 27 heteroatoms. The Balaban J connectivity index is 0.00000696. The van der Waals surface area contributed by atoms with E-state index < -0.39 is 114 Å². The van der Waals surface area contributed by atoms with Crippen LogP contribution in [0.3, 0.4) is 0 Å². The molecule has 0 radical (unpaired) electrons. The van der Waals surface area contributed by atoms with Gasteiger partial charge in [0.25, 0.3) is 0 Å². The second-order valence-electron chi connectivity index (χ2n) is 14.5. The van der Waals surface area contributed by atoms with E-state index in [4.69, 9.17) is 23.3 Å². The number of benzene rings is 1. The van der Waals surface area contributed by atoms with Crippen molar-refractivity contribution in [1.82, 2.24) is 0 Å². The number of hydrogen-bond donors (Lipinski definition) is 1. The second kappa shape index (κ2) is 21.9. The average Bonchev–Trinajstić information content (AvgIpc) is 3.09. The number of carbonyl (C=O) groups is 3. The van der Waals surface area contributed by atoms with Crippen molar-refractivity contribution in [1.29, 1.82) is 0 Å². The van der Waals surface area contributed by atoms with Gasteiger partial charge in [0.15, 0.2) is 11.4 Å². The van der Waals surface area contributed by atoms with Crippen LogP contribution in [0.15, 0.2) is 41.5 Å². The van der Waals surface area contributed by atoms with E-state index in [1.807, 2.05) is 40.2 Å². The van der Waals surface area contributed by atoms with Gasteiger partial charge in [0.1, 0.15) is 12.2 Å². The van der Waals surface area contributed by atoms with E-state index in [-0.39, 0.29) is 46.3 Å². The smallest absolute Gasteiger partial charge is 0.338 e. The molecule has 3 fully saturated rings. The third-order valence-electron chi connectivity index (χ3n) is 11.1. The summed E-state index contributed by atoms with van der Waals surface area (Å²) in [7, 11) is 24.8. The summed E-state index contributed by atoms with van der Waals surface area (Å²) in [6.45, 7) is 5.59. The molecule has 56 heavy (non-hydrogen) atoms. The van der Waals surface area contributed by atoms with Gasteiger partial charge in [0.05, 0.1) is 56.4 Å². The molecule has 1 aromatic rings. The van der Waals surface area contributed by atoms with Crippen LogP contribution in [0, 0.1) is 23.2 Å². The Morgan fingerprint density at radius 2 is 1.54 bits per heavy atom. The zero-order valence-electron chi connectivity index (χ0n) is 31.4. The molecule has 314 valence electrons. The first-order valence-corrected chi connectivity index (χ1v) is 46.2. The van der Waals surface area contributed by atoms with Gasteiger partial charge in [-0.1, -0.05) is 53.3 Å². The standard InChI is InChI=1S/C29H52O9P17.Mo/c1-15-11-12-29(33)24(35-25(32)17-9-7-6-8-10-17)22-27(5,18(37-49(51(40)41)52(42)43)13-19-28(22,14-34-19)36-16(2)30)23(31)21(20(15)26(29,3)4)38-50(53(44)45)55(48-39)54(46)47;/h6-11,18-19,21-22,24,33,48H,12-14,39-47H2,1-5H3;/q-1;/t18-,19+,21+,22?,24-,27+,28-,29+,50?,55?;/m0./s1. The molecule has 2 saturated carbocycles. The summed E-state index contributed by atoms with van der Waals surface area (Å²) < 4.78 is 34.0. The van der Waals surface area contributed by atoms with Crippen molar-refractivity contribution in [2.75, 3.05) is 6.61 Å². The average molecular weight is 1170 g/mol. The number of fused-ring (bicyclic) bond motifs is 5. The van der Waals surface area contributed by atoms with Crippen LogP contribution >= 0.6 is 138 Å². The van der Waals surface area contributed by atoms with E-state index in [1.165, 1.54) is 6.92 Å². The molecule has 3 aliphatic carbocycles. The summed E-state index contributed by atoms with van der Waals surface area (Å²) >= 11 is 0. The van der Waals surface area contributed by atoms with Crippen molar-refractivity contribution < 1.29 is 63.8 Å². The van der Waals surface area contributed by atoms with Gasteiger partial charge in [0, 0.05) is 41.4 Å². The van der Waals surface area contributed by atoms with Gasteiger partial charge < -0.3 is 28.4 Å². The predicted molar refractivity (Wildman–Crippen MR) is 275 cm³/mol. The topological polar surface area (TPSA) is 118 Å². The number of rotatable bonds is 13. The third-order valence-corrected chi connectivity index (χ3v) is 80.8. The van der Waals surface area contributed by atoms with Gasteiger partial charge >= 0.3 is 11.9 Å². The van der Waals surface area contributed by atoms with Crippen LogP contribution in [0.2, 0.25) is 0 Å². The van der Waals surface area contributed by atoms with Crippen molar-refractivity contribution in [2.45, 2.75) is 83.1 Å². The summed E-state index contributed by atoms with van der Waals surface area (Å²) in [5.74, 6) is -2.50. The van der Waals surface area contributed by atoms with Crippen molar-refractivity contribution in [2.24, 2.45) is 16.7 Å². The Hall–Kier alpha value is 5.28. The molecular formula is C29H52MoO9P17-. The van der Waals surface area contributed by atoms with E-state index in [0.29, 0.717) is 19.1 Å². The number of allylic oxidation sites excluding steroid dienone is 1. The van der Waals surface area contributed by atoms with E-state index in [0.717, 1.165) is 5.57 Å². The minimum absolute atomic E-state index is 0. The SMILES string of the molecule is CC(=O)O[C@@]12CO[C@@H]1C[C@H](OP(P(P)P)P(P)P)[C@@]1(C)C(=O)[C@H](OP(P(P)P)P(PP)P(P)P)C3=C(C)[CH-]C[C@@](O)([C@@H](OC(=O)c4ccccc4)C12)C3(C)C.[Mo]. The monoisotopic (exact) mass is 1170 g/mol. The number of carbonyl (C=O) groups excluding carboxylic acids is 3. The van der Waals surface area contributed by atoms with Crippen LogP contribution in [0.5, 0.6) is 0 Å². The molecule has 13 unspecified atom stereocenters. The van der Waals surface area contributed by atoms with Crippen LogP contribution in [0.25, 0.3) is 0 Å². The van der Waals surface area contributed by atoms with Gasteiger partial charge in [-0.15, -0.1) is 80.4 Å². The molecule has 2 bridgehead atoms. The molecule has 0 amide bonds. The fraction of sp³-hybridized carbons (Fsp3) is 0.586. The summed E-state index contributed by atoms with van der Waals surface area (Å²) in [6, 6.07) is 8.65. The predicted octanol–water partition coefficient (Wildman–Crippen LogP) is 12.5. The quantitative estimate of drug-likeness (QED) is 0.0892. The number of aliphatic hydroxyl groups is 1. The number of ketones is 1. The Morgan fingerprint density at radius 3 is 2.02 bits per heavy atom. The molecule has 0 spiro atoms. The Bertz CT molecular complexity index is 1640. The minimum atomic E-state index is -1.78. The number of Topliss-reactive ketones (excluding diaryl/α,β-unsaturated/α-hetero) is 1. The molecule has 5 rings (SSSR count). The molecule has 20 atom stereocenters. The molecular weight excluding hydrogens is 1110 g/mol. The minimum Gasteiger partial charge on any atom is -0.455 e. The normalized spacial score (nSPS) is 33.6. The summed E-state index contributed by atoms with van der Waals surface area (Å²) in [4.78, 5) is 44.0. The summed E-state index contributed by atoms with van der Waals surface area (Å²) in [6.07, 6.45) is -1.51. The van der Waals surface area contributed by atoms with Crippen molar-refractivity contribution in [3.8, 4) is 0 Å². The maximum Gasteiger partial charge on any atom is 0.338 e. The first-order valence-electron chi connectivity index (χ1n) is 16.9. The van der Waals surface area contributed by atoms with E-state index >= 15 is 4.79 Å². The van der Waals surface area contributed by atoms with E-state index in [9.17, 15) is 14.7 Å². The second-order valence-corrected chi connectivity index (χ2v) is 72.6. The van der Waals surface area contributed by atoms with E-state index in [2.05, 4.69) is 80.4 Å². The van der Waals surface area contributed by atoms with Gasteiger partial charge in [-0.3, -0.25) is 9.59 Å². The molecule has 0 aromatic heterocycles. The molecule has 1 aliphatic heterocycles. The van der Waals surface area contributed by atoms with Crippen LogP contribution in [-0.2, 0) is 53.9 Å². The van der Waals surface area contributed by atoms with Gasteiger partial charge in [0.2, 0.25) is 0 Å². The van der Waals surface area contributed by atoms with Crippen LogP contribution in [0.1, 0.15) is 57.8 Å². The Kier molecular flexibility index (Phi) is 21.1. The molecule has 9 nitrogen and oxygen atoms in total. The summed E-state index contributed by atoms with van der Waals surface area (Å²) in [5.41, 5.74) is -4.00. The van der Waals surface area contributed by atoms with Gasteiger partial charge in [-0.25, -0.2) is 16.8 Å². The Labute approximate surface area is 376 Å². The number of esters is 2. The number of ether oxygens (including phenoxy) is 3. The molecule has 1 N–H and O–H groups in total. The van der Waals surface area contributed by atoms with Crippen molar-refractivity contribution in [3.63, 3.8) is 0 Å².